The van der Waals surface area contributed by atoms with Gasteiger partial charge in [-0.2, -0.15) is 0 Å². The number of carbonyl (C=O) groups is 1. The van der Waals surface area contributed by atoms with Crippen molar-refractivity contribution in [2.24, 2.45) is 0 Å². The van der Waals surface area contributed by atoms with Gasteiger partial charge < -0.3 is 10.6 Å². The molecule has 2 amide bonds. The fraction of sp³-hybridized carbons (Fsp3) is 0.421. The quantitative estimate of drug-likeness (QED) is 0.759. The number of urea groups is 1. The van der Waals surface area contributed by atoms with E-state index in [2.05, 4.69) is 55.7 Å². The standard InChI is InChI=1S/C19H26N2O/c1-18(2,3)15-9-7-14-12-16(10-8-13(14)11-15)20-17(22)21-19(4,5)6/h7-12H,1-6H3,(H2,20,21,22). The topological polar surface area (TPSA) is 41.1 Å². The van der Waals surface area contributed by atoms with Gasteiger partial charge in [-0.15, -0.1) is 0 Å². The molecule has 0 heterocycles. The number of hydrogen-bond donors (Lipinski definition) is 2. The maximum atomic E-state index is 11.9. The van der Waals surface area contributed by atoms with Gasteiger partial charge in [-0.05, 0) is 54.7 Å². The zero-order valence-electron chi connectivity index (χ0n) is 14.4. The summed E-state index contributed by atoms with van der Waals surface area (Å²) in [4.78, 5) is 11.9. The van der Waals surface area contributed by atoms with Gasteiger partial charge in [-0.25, -0.2) is 4.79 Å². The van der Waals surface area contributed by atoms with Crippen molar-refractivity contribution in [3.63, 3.8) is 0 Å². The molecule has 0 aliphatic rings. The van der Waals surface area contributed by atoms with Gasteiger partial charge in [0.05, 0.1) is 0 Å². The summed E-state index contributed by atoms with van der Waals surface area (Å²) in [7, 11) is 0. The summed E-state index contributed by atoms with van der Waals surface area (Å²) < 4.78 is 0. The lowest BCUT2D eigenvalue weighted by atomic mass is 9.86. The highest BCUT2D eigenvalue weighted by Gasteiger charge is 2.15. The van der Waals surface area contributed by atoms with Crippen LogP contribution in [0.1, 0.15) is 47.1 Å². The smallest absolute Gasteiger partial charge is 0.319 e. The van der Waals surface area contributed by atoms with E-state index in [0.717, 1.165) is 11.1 Å². The van der Waals surface area contributed by atoms with Crippen LogP contribution < -0.4 is 10.6 Å². The Hall–Kier alpha value is -2.03. The number of hydrogen-bond acceptors (Lipinski definition) is 1. The summed E-state index contributed by atoms with van der Waals surface area (Å²) >= 11 is 0. The Morgan fingerprint density at radius 1 is 0.864 bits per heavy atom. The van der Waals surface area contributed by atoms with E-state index < -0.39 is 0 Å². The van der Waals surface area contributed by atoms with Gasteiger partial charge in [0.25, 0.3) is 0 Å². The van der Waals surface area contributed by atoms with Gasteiger partial charge in [0.15, 0.2) is 0 Å². The van der Waals surface area contributed by atoms with Crippen LogP contribution in [-0.2, 0) is 5.41 Å². The molecule has 118 valence electrons. The number of amides is 2. The van der Waals surface area contributed by atoms with Crippen molar-refractivity contribution < 1.29 is 4.79 Å². The van der Waals surface area contributed by atoms with Crippen LogP contribution in [0.15, 0.2) is 36.4 Å². The Balaban J connectivity index is 2.23. The van der Waals surface area contributed by atoms with Crippen molar-refractivity contribution in [1.29, 1.82) is 0 Å². The van der Waals surface area contributed by atoms with E-state index in [0.29, 0.717) is 0 Å². The number of rotatable bonds is 1. The van der Waals surface area contributed by atoms with E-state index in [-0.39, 0.29) is 17.0 Å². The molecule has 0 atom stereocenters. The molecule has 0 bridgehead atoms. The van der Waals surface area contributed by atoms with Crippen molar-refractivity contribution in [2.45, 2.75) is 52.5 Å². The van der Waals surface area contributed by atoms with Gasteiger partial charge in [0.1, 0.15) is 0 Å². The molecule has 3 heteroatoms. The lowest BCUT2D eigenvalue weighted by Gasteiger charge is -2.21. The third-order valence-corrected chi connectivity index (χ3v) is 3.45. The third-order valence-electron chi connectivity index (χ3n) is 3.45. The van der Waals surface area contributed by atoms with E-state index >= 15 is 0 Å². The first-order chi connectivity index (χ1) is 10.0. The molecule has 0 saturated carbocycles. The zero-order valence-corrected chi connectivity index (χ0v) is 14.4. The summed E-state index contributed by atoms with van der Waals surface area (Å²) in [6.07, 6.45) is 0. The number of nitrogens with one attached hydrogen (secondary N) is 2. The summed E-state index contributed by atoms with van der Waals surface area (Å²) in [5.74, 6) is 0. The molecule has 0 spiro atoms. The van der Waals surface area contributed by atoms with Gasteiger partial charge >= 0.3 is 6.03 Å². The third kappa shape index (κ3) is 4.23. The van der Waals surface area contributed by atoms with E-state index in [9.17, 15) is 4.79 Å². The Labute approximate surface area is 133 Å². The Morgan fingerprint density at radius 2 is 1.45 bits per heavy atom. The number of benzene rings is 2. The first kappa shape index (κ1) is 16.3. The van der Waals surface area contributed by atoms with E-state index in [1.165, 1.54) is 10.9 Å². The summed E-state index contributed by atoms with van der Waals surface area (Å²) in [5.41, 5.74) is 2.00. The van der Waals surface area contributed by atoms with Crippen LogP contribution in [0.3, 0.4) is 0 Å². The average Bonchev–Trinajstić information content (AvgIpc) is 2.34. The first-order valence-electron chi connectivity index (χ1n) is 7.68. The molecule has 0 fully saturated rings. The van der Waals surface area contributed by atoms with Crippen LogP contribution in [-0.4, -0.2) is 11.6 Å². The van der Waals surface area contributed by atoms with Crippen molar-refractivity contribution in [3.05, 3.63) is 42.0 Å². The Morgan fingerprint density at radius 3 is 2.05 bits per heavy atom. The van der Waals surface area contributed by atoms with E-state index in [4.69, 9.17) is 0 Å². The second kappa shape index (κ2) is 5.64. The highest BCUT2D eigenvalue weighted by atomic mass is 16.2. The molecule has 2 aromatic rings. The minimum atomic E-state index is -0.247. The largest absolute Gasteiger partial charge is 0.333 e. The maximum absolute atomic E-state index is 11.9. The van der Waals surface area contributed by atoms with Crippen LogP contribution in [0, 0.1) is 0 Å². The molecule has 2 aromatic carbocycles. The number of fused-ring (bicyclic) bond motifs is 1. The number of carbonyl (C=O) groups excluding carboxylic acids is 1. The van der Waals surface area contributed by atoms with Gasteiger partial charge in [-0.3, -0.25) is 0 Å². The fourth-order valence-corrected chi connectivity index (χ4v) is 2.29. The predicted octanol–water partition coefficient (Wildman–Crippen LogP) is 5.06. The predicted molar refractivity (Wildman–Crippen MR) is 94.6 cm³/mol. The van der Waals surface area contributed by atoms with E-state index in [1.54, 1.807) is 0 Å². The number of anilines is 1. The molecule has 0 aliphatic carbocycles. The van der Waals surface area contributed by atoms with Crippen LogP contribution in [0.2, 0.25) is 0 Å². The highest BCUT2D eigenvalue weighted by Crippen LogP contribution is 2.27. The van der Waals surface area contributed by atoms with Crippen LogP contribution in [0.4, 0.5) is 10.5 Å². The van der Waals surface area contributed by atoms with Crippen molar-refractivity contribution >= 4 is 22.5 Å². The lowest BCUT2D eigenvalue weighted by molar-refractivity contribution is 0.244. The summed E-state index contributed by atoms with van der Waals surface area (Å²) in [5, 5.41) is 8.10. The minimum absolute atomic E-state index is 0.137. The second-order valence-corrected chi connectivity index (χ2v) is 7.86. The normalized spacial score (nSPS) is 12.3. The first-order valence-corrected chi connectivity index (χ1v) is 7.68. The van der Waals surface area contributed by atoms with E-state index in [1.807, 2.05) is 32.9 Å². The molecular formula is C19H26N2O. The van der Waals surface area contributed by atoms with Crippen LogP contribution in [0.25, 0.3) is 10.8 Å². The SMILES string of the molecule is CC(C)(C)NC(=O)Nc1ccc2cc(C(C)(C)C)ccc2c1. The van der Waals surface area contributed by atoms with Crippen molar-refractivity contribution in [3.8, 4) is 0 Å². The van der Waals surface area contributed by atoms with Crippen LogP contribution >= 0.6 is 0 Å². The molecule has 0 radical (unpaired) electrons. The molecule has 3 nitrogen and oxygen atoms in total. The van der Waals surface area contributed by atoms with Crippen molar-refractivity contribution in [2.75, 3.05) is 5.32 Å². The molecule has 0 saturated heterocycles. The lowest BCUT2D eigenvalue weighted by Crippen LogP contribution is -2.43. The molecule has 2 N–H and O–H groups in total. The maximum Gasteiger partial charge on any atom is 0.319 e. The molecule has 0 aliphatic heterocycles. The second-order valence-electron chi connectivity index (χ2n) is 7.86. The average molecular weight is 298 g/mol. The molecule has 22 heavy (non-hydrogen) atoms. The Kier molecular flexibility index (Phi) is 4.19. The van der Waals surface area contributed by atoms with Gasteiger partial charge in [-0.1, -0.05) is 45.0 Å². The monoisotopic (exact) mass is 298 g/mol. The van der Waals surface area contributed by atoms with Crippen molar-refractivity contribution in [1.82, 2.24) is 5.32 Å². The van der Waals surface area contributed by atoms with Gasteiger partial charge in [0.2, 0.25) is 0 Å². The Bertz CT molecular complexity index is 691. The van der Waals surface area contributed by atoms with Gasteiger partial charge in [0, 0.05) is 11.2 Å². The van der Waals surface area contributed by atoms with Crippen LogP contribution in [0.5, 0.6) is 0 Å². The molecule has 0 aromatic heterocycles. The fourth-order valence-electron chi connectivity index (χ4n) is 2.29. The zero-order chi connectivity index (χ0) is 16.5. The highest BCUT2D eigenvalue weighted by molar-refractivity contribution is 5.94. The summed E-state index contributed by atoms with van der Waals surface area (Å²) in [6, 6.07) is 12.3. The summed E-state index contributed by atoms with van der Waals surface area (Å²) in [6.45, 7) is 12.5. The minimum Gasteiger partial charge on any atom is -0.333 e. The molecular weight excluding hydrogens is 272 g/mol. The molecule has 0 unspecified atom stereocenters. The molecule has 2 rings (SSSR count).